The molecule has 4 heteroatoms. The van der Waals surface area contributed by atoms with Crippen LogP contribution in [-0.4, -0.2) is 32.0 Å². The van der Waals surface area contributed by atoms with Gasteiger partial charge in [0, 0.05) is 25.4 Å². The Balaban J connectivity index is 2.51. The molecule has 0 aromatic heterocycles. The van der Waals surface area contributed by atoms with E-state index in [1.54, 1.807) is 6.92 Å². The molecule has 2 atom stereocenters. The van der Waals surface area contributed by atoms with Gasteiger partial charge in [0.1, 0.15) is 5.67 Å². The minimum atomic E-state index is -1.34. The van der Waals surface area contributed by atoms with Crippen LogP contribution in [0.3, 0.4) is 0 Å². The molecule has 19 heavy (non-hydrogen) atoms. The van der Waals surface area contributed by atoms with E-state index >= 15 is 0 Å². The number of ether oxygens (including phenoxy) is 1. The number of methoxy groups -OCH3 is 1. The zero-order chi connectivity index (χ0) is 14.5. The summed E-state index contributed by atoms with van der Waals surface area (Å²) >= 11 is 0. The molecule has 0 aliphatic heterocycles. The number of hydrogen-bond acceptors (Lipinski definition) is 3. The fourth-order valence-electron chi connectivity index (χ4n) is 2.07. The molecular formula is C15H25FN2O. The minimum Gasteiger partial charge on any atom is -0.399 e. The van der Waals surface area contributed by atoms with Gasteiger partial charge < -0.3 is 15.8 Å². The first-order valence-electron chi connectivity index (χ1n) is 6.61. The van der Waals surface area contributed by atoms with Crippen LogP contribution < -0.4 is 11.1 Å². The monoisotopic (exact) mass is 268 g/mol. The molecule has 0 radical (unpaired) electrons. The fraction of sp³-hybridized carbons (Fsp3) is 0.600. The Morgan fingerprint density at radius 3 is 2.79 bits per heavy atom. The van der Waals surface area contributed by atoms with Crippen LogP contribution >= 0.6 is 0 Å². The van der Waals surface area contributed by atoms with Gasteiger partial charge in [-0.3, -0.25) is 0 Å². The van der Waals surface area contributed by atoms with Crippen LogP contribution in [-0.2, 0) is 11.2 Å². The predicted molar refractivity (Wildman–Crippen MR) is 78.1 cm³/mol. The summed E-state index contributed by atoms with van der Waals surface area (Å²) in [6.07, 6.45) is 0.833. The van der Waals surface area contributed by atoms with Crippen molar-refractivity contribution in [2.45, 2.75) is 38.9 Å². The maximum atomic E-state index is 13.9. The first kappa shape index (κ1) is 15.9. The number of anilines is 1. The number of nitrogens with one attached hydrogen (secondary N) is 1. The SMILES string of the molecule is COCC(C)(F)CN[C@H](C)Cc1cccc(N)c1C. The average molecular weight is 268 g/mol. The zero-order valence-electron chi connectivity index (χ0n) is 12.3. The second-order valence-electron chi connectivity index (χ2n) is 5.46. The third-order valence-corrected chi connectivity index (χ3v) is 3.28. The molecule has 0 saturated carbocycles. The second-order valence-corrected chi connectivity index (χ2v) is 5.46. The van der Waals surface area contributed by atoms with E-state index in [9.17, 15) is 4.39 Å². The van der Waals surface area contributed by atoms with E-state index in [4.69, 9.17) is 10.5 Å². The van der Waals surface area contributed by atoms with Crippen molar-refractivity contribution >= 4 is 5.69 Å². The molecule has 1 unspecified atom stereocenters. The van der Waals surface area contributed by atoms with Crippen molar-refractivity contribution in [1.82, 2.24) is 5.32 Å². The maximum absolute atomic E-state index is 13.9. The van der Waals surface area contributed by atoms with E-state index in [0.29, 0.717) is 0 Å². The van der Waals surface area contributed by atoms with Gasteiger partial charge in [-0.2, -0.15) is 0 Å². The molecule has 1 aromatic rings. The number of hydrogen-bond donors (Lipinski definition) is 2. The average Bonchev–Trinajstić information content (AvgIpc) is 2.33. The zero-order valence-corrected chi connectivity index (χ0v) is 12.3. The third kappa shape index (κ3) is 5.17. The molecule has 0 bridgehead atoms. The normalized spacial score (nSPS) is 16.1. The number of nitrogen functional groups attached to an aromatic ring is 1. The van der Waals surface area contributed by atoms with Crippen LogP contribution in [0, 0.1) is 6.92 Å². The molecule has 3 nitrogen and oxygen atoms in total. The lowest BCUT2D eigenvalue weighted by atomic mass is 10.00. The summed E-state index contributed by atoms with van der Waals surface area (Å²) in [7, 11) is 1.51. The Kier molecular flexibility index (Phi) is 5.76. The maximum Gasteiger partial charge on any atom is 0.143 e. The highest BCUT2D eigenvalue weighted by Crippen LogP contribution is 2.17. The molecule has 0 aliphatic carbocycles. The van der Waals surface area contributed by atoms with Gasteiger partial charge in [0.15, 0.2) is 0 Å². The summed E-state index contributed by atoms with van der Waals surface area (Å²) in [4.78, 5) is 0. The highest BCUT2D eigenvalue weighted by Gasteiger charge is 2.23. The molecule has 0 amide bonds. The van der Waals surface area contributed by atoms with Gasteiger partial charge in [-0.05, 0) is 44.4 Å². The van der Waals surface area contributed by atoms with Gasteiger partial charge in [0.2, 0.25) is 0 Å². The number of halogens is 1. The second kappa shape index (κ2) is 6.87. The summed E-state index contributed by atoms with van der Waals surface area (Å²) < 4.78 is 18.8. The quantitative estimate of drug-likeness (QED) is 0.747. The number of benzene rings is 1. The first-order valence-corrected chi connectivity index (χ1v) is 6.61. The van der Waals surface area contributed by atoms with Crippen LogP contribution in [0.5, 0.6) is 0 Å². The van der Waals surface area contributed by atoms with Gasteiger partial charge >= 0.3 is 0 Å². The molecule has 108 valence electrons. The summed E-state index contributed by atoms with van der Waals surface area (Å²) in [5, 5.41) is 3.21. The number of rotatable bonds is 7. The van der Waals surface area contributed by atoms with Crippen molar-refractivity contribution in [3.8, 4) is 0 Å². The molecule has 1 rings (SSSR count). The molecule has 0 saturated heterocycles. The fourth-order valence-corrected chi connectivity index (χ4v) is 2.07. The Morgan fingerprint density at radius 2 is 2.16 bits per heavy atom. The smallest absolute Gasteiger partial charge is 0.143 e. The lowest BCUT2D eigenvalue weighted by Crippen LogP contribution is -2.42. The molecule has 1 aromatic carbocycles. The van der Waals surface area contributed by atoms with Crippen LogP contribution in [0.15, 0.2) is 18.2 Å². The predicted octanol–water partition coefficient (Wildman–Crippen LogP) is 2.47. The van der Waals surface area contributed by atoms with Crippen molar-refractivity contribution in [3.63, 3.8) is 0 Å². The van der Waals surface area contributed by atoms with Crippen LogP contribution in [0.1, 0.15) is 25.0 Å². The van der Waals surface area contributed by atoms with E-state index in [-0.39, 0.29) is 19.2 Å². The van der Waals surface area contributed by atoms with Crippen LogP contribution in [0.4, 0.5) is 10.1 Å². The molecular weight excluding hydrogens is 243 g/mol. The van der Waals surface area contributed by atoms with E-state index in [0.717, 1.165) is 17.7 Å². The van der Waals surface area contributed by atoms with Crippen molar-refractivity contribution in [3.05, 3.63) is 29.3 Å². The lowest BCUT2D eigenvalue weighted by molar-refractivity contribution is 0.0530. The summed E-state index contributed by atoms with van der Waals surface area (Å²) in [6.45, 7) is 5.99. The number of nitrogens with two attached hydrogens (primary N) is 1. The first-order chi connectivity index (χ1) is 8.85. The van der Waals surface area contributed by atoms with Crippen molar-refractivity contribution < 1.29 is 9.13 Å². The highest BCUT2D eigenvalue weighted by molar-refractivity contribution is 5.50. The van der Waals surface area contributed by atoms with Crippen molar-refractivity contribution in [2.75, 3.05) is 26.0 Å². The van der Waals surface area contributed by atoms with E-state index in [1.165, 1.54) is 12.7 Å². The Bertz CT molecular complexity index is 407. The minimum absolute atomic E-state index is 0.101. The lowest BCUT2D eigenvalue weighted by Gasteiger charge is -2.23. The molecule has 0 fully saturated rings. The van der Waals surface area contributed by atoms with E-state index < -0.39 is 5.67 Å². The molecule has 0 heterocycles. The number of alkyl halides is 1. The van der Waals surface area contributed by atoms with Crippen molar-refractivity contribution in [2.24, 2.45) is 0 Å². The summed E-state index contributed by atoms with van der Waals surface area (Å²) in [6, 6.07) is 6.10. The Hall–Kier alpha value is -1.13. The van der Waals surface area contributed by atoms with Crippen molar-refractivity contribution in [1.29, 1.82) is 0 Å². The Labute approximate surface area is 115 Å². The highest BCUT2D eigenvalue weighted by atomic mass is 19.1. The molecule has 0 spiro atoms. The largest absolute Gasteiger partial charge is 0.399 e. The van der Waals surface area contributed by atoms with Gasteiger partial charge in [0.25, 0.3) is 0 Å². The molecule has 3 N–H and O–H groups in total. The van der Waals surface area contributed by atoms with E-state index in [1.807, 2.05) is 26.0 Å². The summed E-state index contributed by atoms with van der Waals surface area (Å²) in [5.41, 5.74) is 7.66. The van der Waals surface area contributed by atoms with Gasteiger partial charge in [-0.1, -0.05) is 12.1 Å². The van der Waals surface area contributed by atoms with Gasteiger partial charge in [-0.15, -0.1) is 0 Å². The topological polar surface area (TPSA) is 47.3 Å². The van der Waals surface area contributed by atoms with E-state index in [2.05, 4.69) is 11.4 Å². The van der Waals surface area contributed by atoms with Gasteiger partial charge in [0.05, 0.1) is 6.61 Å². The Morgan fingerprint density at radius 1 is 1.47 bits per heavy atom. The summed E-state index contributed by atoms with van der Waals surface area (Å²) in [5.74, 6) is 0. The molecule has 0 aliphatic rings. The van der Waals surface area contributed by atoms with Crippen LogP contribution in [0.25, 0.3) is 0 Å². The third-order valence-electron chi connectivity index (χ3n) is 3.28. The van der Waals surface area contributed by atoms with Gasteiger partial charge in [-0.25, -0.2) is 4.39 Å². The standard InChI is InChI=1S/C15H25FN2O/c1-11(18-9-15(3,16)10-19-4)8-13-6-5-7-14(17)12(13)2/h5-7,11,18H,8-10,17H2,1-4H3/t11-,15?/m1/s1. The van der Waals surface area contributed by atoms with Crippen LogP contribution in [0.2, 0.25) is 0 Å².